The number of rotatable bonds is 3. The van der Waals surface area contributed by atoms with Gasteiger partial charge in [0.25, 0.3) is 5.56 Å². The van der Waals surface area contributed by atoms with Crippen molar-refractivity contribution < 1.29 is 4.39 Å². The average Bonchev–Trinajstić information content (AvgIpc) is 2.64. The van der Waals surface area contributed by atoms with E-state index in [-0.39, 0.29) is 11.4 Å². The Bertz CT molecular complexity index is 1100. The topological polar surface area (TPSA) is 34.9 Å². The Morgan fingerprint density at radius 1 is 0.840 bits per heavy atom. The van der Waals surface area contributed by atoms with Gasteiger partial charge in [-0.3, -0.25) is 4.79 Å². The Morgan fingerprint density at radius 3 is 2.44 bits per heavy atom. The minimum atomic E-state index is -0.298. The number of hydrogen-bond acceptors (Lipinski definition) is 2. The molecule has 25 heavy (non-hydrogen) atoms. The van der Waals surface area contributed by atoms with E-state index in [0.717, 1.165) is 21.9 Å². The van der Waals surface area contributed by atoms with Gasteiger partial charge in [0.15, 0.2) is 0 Å². The van der Waals surface area contributed by atoms with Crippen LogP contribution >= 0.6 is 0 Å². The molecule has 4 rings (SSSR count). The van der Waals surface area contributed by atoms with Crippen LogP contribution in [0.3, 0.4) is 0 Å². The standard InChI is InChI=1S/C21H15FN2O/c22-18-10-8-16(9-11-18)20-12-13-21(25)24(23-20)14-17-6-3-5-15-4-1-2-7-19(15)17/h1-13H,14H2. The molecule has 4 aromatic rings. The second kappa shape index (κ2) is 6.32. The lowest BCUT2D eigenvalue weighted by atomic mass is 10.0. The van der Waals surface area contributed by atoms with Crippen molar-refractivity contribution in [1.29, 1.82) is 0 Å². The van der Waals surface area contributed by atoms with E-state index < -0.39 is 0 Å². The highest BCUT2D eigenvalue weighted by Crippen LogP contribution is 2.20. The first kappa shape index (κ1) is 15.3. The van der Waals surface area contributed by atoms with Crippen LogP contribution in [0.2, 0.25) is 0 Å². The summed E-state index contributed by atoms with van der Waals surface area (Å²) in [6, 6.07) is 23.3. The first-order valence-corrected chi connectivity index (χ1v) is 8.01. The molecular formula is C21H15FN2O. The minimum Gasteiger partial charge on any atom is -0.268 e. The van der Waals surface area contributed by atoms with Gasteiger partial charge in [0.2, 0.25) is 0 Å². The Morgan fingerprint density at radius 2 is 1.60 bits per heavy atom. The molecule has 122 valence electrons. The largest absolute Gasteiger partial charge is 0.268 e. The molecule has 0 aliphatic carbocycles. The summed E-state index contributed by atoms with van der Waals surface area (Å²) in [6.45, 7) is 0.384. The third-order valence-corrected chi connectivity index (χ3v) is 4.21. The predicted molar refractivity (Wildman–Crippen MR) is 96.9 cm³/mol. The summed E-state index contributed by atoms with van der Waals surface area (Å²) in [5.74, 6) is -0.298. The van der Waals surface area contributed by atoms with Crippen LogP contribution in [0, 0.1) is 5.82 Å². The highest BCUT2D eigenvalue weighted by atomic mass is 19.1. The lowest BCUT2D eigenvalue weighted by molar-refractivity contribution is 0.627. The molecule has 0 saturated heterocycles. The van der Waals surface area contributed by atoms with Crippen molar-refractivity contribution >= 4 is 10.8 Å². The van der Waals surface area contributed by atoms with Crippen LogP contribution in [0.15, 0.2) is 83.7 Å². The van der Waals surface area contributed by atoms with E-state index >= 15 is 0 Å². The van der Waals surface area contributed by atoms with Gasteiger partial charge in [-0.25, -0.2) is 9.07 Å². The summed E-state index contributed by atoms with van der Waals surface area (Å²) < 4.78 is 14.6. The molecule has 0 aliphatic rings. The van der Waals surface area contributed by atoms with Gasteiger partial charge in [-0.2, -0.15) is 5.10 Å². The lowest BCUT2D eigenvalue weighted by Crippen LogP contribution is -2.22. The third-order valence-electron chi connectivity index (χ3n) is 4.21. The average molecular weight is 330 g/mol. The van der Waals surface area contributed by atoms with E-state index in [4.69, 9.17) is 0 Å². The van der Waals surface area contributed by atoms with Crippen molar-refractivity contribution in [2.24, 2.45) is 0 Å². The zero-order valence-corrected chi connectivity index (χ0v) is 13.4. The maximum atomic E-state index is 13.1. The Kier molecular flexibility index (Phi) is 3.86. The highest BCUT2D eigenvalue weighted by Gasteiger charge is 2.07. The Labute approximate surface area is 144 Å². The van der Waals surface area contributed by atoms with Crippen molar-refractivity contribution in [1.82, 2.24) is 9.78 Å². The molecule has 3 nitrogen and oxygen atoms in total. The van der Waals surface area contributed by atoms with E-state index in [1.54, 1.807) is 18.2 Å². The van der Waals surface area contributed by atoms with Gasteiger partial charge >= 0.3 is 0 Å². The molecule has 4 heteroatoms. The van der Waals surface area contributed by atoms with E-state index in [0.29, 0.717) is 12.2 Å². The second-order valence-corrected chi connectivity index (χ2v) is 5.86. The van der Waals surface area contributed by atoms with Crippen LogP contribution in [0.4, 0.5) is 4.39 Å². The first-order chi connectivity index (χ1) is 12.2. The van der Waals surface area contributed by atoms with Crippen LogP contribution < -0.4 is 5.56 Å². The minimum absolute atomic E-state index is 0.168. The van der Waals surface area contributed by atoms with Crippen molar-refractivity contribution in [3.05, 3.63) is 101 Å². The molecule has 0 atom stereocenters. The number of nitrogens with zero attached hydrogens (tertiary/aromatic N) is 2. The van der Waals surface area contributed by atoms with E-state index in [2.05, 4.69) is 5.10 Å². The molecule has 0 N–H and O–H groups in total. The quantitative estimate of drug-likeness (QED) is 0.563. The van der Waals surface area contributed by atoms with Crippen LogP contribution in [0.5, 0.6) is 0 Å². The summed E-state index contributed by atoms with van der Waals surface area (Å²) in [5, 5.41) is 6.69. The van der Waals surface area contributed by atoms with Gasteiger partial charge in [0, 0.05) is 11.6 Å². The van der Waals surface area contributed by atoms with Crippen molar-refractivity contribution in [2.75, 3.05) is 0 Å². The molecule has 1 heterocycles. The maximum absolute atomic E-state index is 13.1. The molecule has 0 spiro atoms. The van der Waals surface area contributed by atoms with Gasteiger partial charge < -0.3 is 0 Å². The lowest BCUT2D eigenvalue weighted by Gasteiger charge is -2.10. The summed E-state index contributed by atoms with van der Waals surface area (Å²) >= 11 is 0. The molecular weight excluding hydrogens is 315 g/mol. The fourth-order valence-electron chi connectivity index (χ4n) is 2.93. The third kappa shape index (κ3) is 3.06. The van der Waals surface area contributed by atoms with Crippen molar-refractivity contribution in [3.63, 3.8) is 0 Å². The molecule has 0 radical (unpaired) electrons. The van der Waals surface area contributed by atoms with Crippen LogP contribution in [0.1, 0.15) is 5.56 Å². The van der Waals surface area contributed by atoms with E-state index in [9.17, 15) is 9.18 Å². The highest BCUT2D eigenvalue weighted by molar-refractivity contribution is 5.85. The fraction of sp³-hybridized carbons (Fsp3) is 0.0476. The second-order valence-electron chi connectivity index (χ2n) is 5.86. The summed E-state index contributed by atoms with van der Waals surface area (Å²) in [7, 11) is 0. The van der Waals surface area contributed by atoms with E-state index in [1.165, 1.54) is 22.9 Å². The Hall–Kier alpha value is -3.27. The summed E-state index contributed by atoms with van der Waals surface area (Å²) in [5.41, 5.74) is 2.27. The summed E-state index contributed by atoms with van der Waals surface area (Å²) in [6.07, 6.45) is 0. The molecule has 0 amide bonds. The monoisotopic (exact) mass is 330 g/mol. The van der Waals surface area contributed by atoms with E-state index in [1.807, 2.05) is 42.5 Å². The van der Waals surface area contributed by atoms with Gasteiger partial charge in [0.05, 0.1) is 12.2 Å². The number of hydrogen-bond donors (Lipinski definition) is 0. The molecule has 3 aromatic carbocycles. The van der Waals surface area contributed by atoms with Gasteiger partial charge in [-0.15, -0.1) is 0 Å². The van der Waals surface area contributed by atoms with Gasteiger partial charge in [-0.05, 0) is 46.7 Å². The molecule has 0 bridgehead atoms. The van der Waals surface area contributed by atoms with Gasteiger partial charge in [0.1, 0.15) is 5.82 Å². The number of aromatic nitrogens is 2. The zero-order chi connectivity index (χ0) is 17.2. The molecule has 0 fully saturated rings. The van der Waals surface area contributed by atoms with Crippen LogP contribution in [0.25, 0.3) is 22.0 Å². The maximum Gasteiger partial charge on any atom is 0.267 e. The van der Waals surface area contributed by atoms with Crippen LogP contribution in [-0.4, -0.2) is 9.78 Å². The smallest absolute Gasteiger partial charge is 0.267 e. The van der Waals surface area contributed by atoms with Crippen LogP contribution in [-0.2, 0) is 6.54 Å². The first-order valence-electron chi connectivity index (χ1n) is 8.01. The zero-order valence-electron chi connectivity index (χ0n) is 13.4. The molecule has 0 saturated carbocycles. The SMILES string of the molecule is O=c1ccc(-c2ccc(F)cc2)nn1Cc1cccc2ccccc12. The molecule has 0 aliphatic heterocycles. The van der Waals surface area contributed by atoms with Gasteiger partial charge in [-0.1, -0.05) is 42.5 Å². The molecule has 1 aromatic heterocycles. The number of benzene rings is 3. The summed E-state index contributed by atoms with van der Waals surface area (Å²) in [4.78, 5) is 12.2. The number of halogens is 1. The van der Waals surface area contributed by atoms with Crippen molar-refractivity contribution in [2.45, 2.75) is 6.54 Å². The van der Waals surface area contributed by atoms with Crippen molar-refractivity contribution in [3.8, 4) is 11.3 Å². The fourth-order valence-corrected chi connectivity index (χ4v) is 2.93. The molecule has 0 unspecified atom stereocenters. The normalized spacial score (nSPS) is 10.9. The predicted octanol–water partition coefficient (Wildman–Crippen LogP) is 4.25. The Balaban J connectivity index is 1.76. The number of fused-ring (bicyclic) bond motifs is 1.